The third kappa shape index (κ3) is 2.72. The van der Waals surface area contributed by atoms with Crippen molar-refractivity contribution in [2.75, 3.05) is 13.2 Å². The minimum absolute atomic E-state index is 0.125. The summed E-state index contributed by atoms with van der Waals surface area (Å²) in [6.45, 7) is 2.78. The van der Waals surface area contributed by atoms with Gasteiger partial charge in [0.1, 0.15) is 6.61 Å². The molecule has 1 saturated heterocycles. The predicted molar refractivity (Wildman–Crippen MR) is 69.8 cm³/mol. The van der Waals surface area contributed by atoms with Gasteiger partial charge < -0.3 is 10.0 Å². The molecule has 0 bridgehead atoms. The molecule has 1 aliphatic rings. The Bertz CT molecular complexity index is 481. The molecule has 3 nitrogen and oxygen atoms in total. The maximum Gasteiger partial charge on any atom is 0.223 e. The fourth-order valence-corrected chi connectivity index (χ4v) is 2.25. The van der Waals surface area contributed by atoms with E-state index in [0.29, 0.717) is 6.42 Å². The van der Waals surface area contributed by atoms with Crippen LogP contribution in [0.3, 0.4) is 0 Å². The number of carbonyl (C=O) groups excluding carboxylic acids is 1. The number of likely N-dealkylation sites (tertiary alicyclic amines) is 1. The summed E-state index contributed by atoms with van der Waals surface area (Å²) in [4.78, 5) is 13.6. The van der Waals surface area contributed by atoms with Crippen molar-refractivity contribution >= 4 is 5.91 Å². The largest absolute Gasteiger partial charge is 0.384 e. The molecule has 1 aromatic rings. The summed E-state index contributed by atoms with van der Waals surface area (Å²) in [5, 5.41) is 8.63. The van der Waals surface area contributed by atoms with Gasteiger partial charge in [0.15, 0.2) is 0 Å². The van der Waals surface area contributed by atoms with Crippen molar-refractivity contribution < 1.29 is 9.90 Å². The Kier molecular flexibility index (Phi) is 4.01. The van der Waals surface area contributed by atoms with Crippen LogP contribution in [0.15, 0.2) is 24.3 Å². The molecule has 1 aliphatic heterocycles. The van der Waals surface area contributed by atoms with Gasteiger partial charge in [-0.15, -0.1) is 0 Å². The van der Waals surface area contributed by atoms with Gasteiger partial charge in [0.05, 0.1) is 6.04 Å². The van der Waals surface area contributed by atoms with E-state index in [0.717, 1.165) is 24.1 Å². The summed E-state index contributed by atoms with van der Waals surface area (Å²) in [6.07, 6.45) is 1.63. The van der Waals surface area contributed by atoms with Gasteiger partial charge in [0.2, 0.25) is 5.91 Å². The summed E-state index contributed by atoms with van der Waals surface area (Å²) in [7, 11) is 0. The minimum Gasteiger partial charge on any atom is -0.384 e. The first-order valence-electron chi connectivity index (χ1n) is 6.21. The monoisotopic (exact) mass is 243 g/mol. The van der Waals surface area contributed by atoms with Crippen LogP contribution in [0, 0.1) is 11.8 Å². The van der Waals surface area contributed by atoms with E-state index in [1.807, 2.05) is 29.2 Å². The summed E-state index contributed by atoms with van der Waals surface area (Å²) in [5.41, 5.74) is 2.01. The normalized spacial score (nSPS) is 16.3. The fraction of sp³-hybridized carbons (Fsp3) is 0.400. The Morgan fingerprint density at radius 1 is 1.39 bits per heavy atom. The quantitative estimate of drug-likeness (QED) is 0.803. The standard InChI is InChI=1S/C15H17NO2/c1-12(16-10-2-5-15(16)18)14-8-6-13(7-9-14)4-3-11-17/h6-9,12,17H,2,5,10-11H2,1H3. The maximum atomic E-state index is 11.7. The first-order chi connectivity index (χ1) is 8.72. The Balaban J connectivity index is 2.11. The lowest BCUT2D eigenvalue weighted by atomic mass is 10.1. The molecule has 0 radical (unpaired) electrons. The van der Waals surface area contributed by atoms with Crippen LogP contribution >= 0.6 is 0 Å². The van der Waals surface area contributed by atoms with Crippen LogP contribution in [0.1, 0.15) is 36.9 Å². The maximum absolute atomic E-state index is 11.7. The van der Waals surface area contributed by atoms with Crippen molar-refractivity contribution in [3.05, 3.63) is 35.4 Å². The van der Waals surface area contributed by atoms with Gasteiger partial charge in [0, 0.05) is 18.5 Å². The number of aliphatic hydroxyl groups is 1. The zero-order valence-corrected chi connectivity index (χ0v) is 10.5. The lowest BCUT2D eigenvalue weighted by Crippen LogP contribution is -2.27. The van der Waals surface area contributed by atoms with E-state index in [9.17, 15) is 4.79 Å². The molecule has 94 valence electrons. The van der Waals surface area contributed by atoms with Crippen LogP contribution in [0.5, 0.6) is 0 Å². The SMILES string of the molecule is CC(c1ccc(C#CCO)cc1)N1CCCC1=O. The molecule has 0 spiro atoms. The van der Waals surface area contributed by atoms with Gasteiger partial charge in [-0.05, 0) is 31.0 Å². The van der Waals surface area contributed by atoms with Gasteiger partial charge >= 0.3 is 0 Å². The summed E-state index contributed by atoms with van der Waals surface area (Å²) < 4.78 is 0. The lowest BCUT2D eigenvalue weighted by Gasteiger charge is -2.24. The molecule has 1 amide bonds. The molecule has 0 saturated carbocycles. The number of nitrogens with zero attached hydrogens (tertiary/aromatic N) is 1. The minimum atomic E-state index is -0.125. The highest BCUT2D eigenvalue weighted by molar-refractivity contribution is 5.78. The molecule has 18 heavy (non-hydrogen) atoms. The number of amides is 1. The first-order valence-corrected chi connectivity index (χ1v) is 6.21. The molecular formula is C15H17NO2. The van der Waals surface area contributed by atoms with Crippen LogP contribution in [-0.4, -0.2) is 29.1 Å². The molecule has 1 N–H and O–H groups in total. The molecule has 1 fully saturated rings. The molecule has 1 atom stereocenters. The molecule has 0 aliphatic carbocycles. The van der Waals surface area contributed by atoms with E-state index < -0.39 is 0 Å². The highest BCUT2D eigenvalue weighted by Gasteiger charge is 2.25. The fourth-order valence-electron chi connectivity index (χ4n) is 2.25. The Morgan fingerprint density at radius 3 is 2.67 bits per heavy atom. The summed E-state index contributed by atoms with van der Waals surface area (Å²) in [5.74, 6) is 5.72. The average molecular weight is 243 g/mol. The summed E-state index contributed by atoms with van der Waals surface area (Å²) >= 11 is 0. The van der Waals surface area contributed by atoms with Crippen LogP contribution in [0.25, 0.3) is 0 Å². The second kappa shape index (κ2) is 5.70. The molecule has 0 aromatic heterocycles. The van der Waals surface area contributed by atoms with Crippen LogP contribution in [0.2, 0.25) is 0 Å². The molecular weight excluding hydrogens is 226 g/mol. The molecule has 1 aromatic carbocycles. The topological polar surface area (TPSA) is 40.5 Å². The smallest absolute Gasteiger partial charge is 0.223 e. The summed E-state index contributed by atoms with van der Waals surface area (Å²) in [6, 6.07) is 7.97. The van der Waals surface area contributed by atoms with E-state index in [1.165, 1.54) is 0 Å². The van der Waals surface area contributed by atoms with E-state index in [2.05, 4.69) is 18.8 Å². The average Bonchev–Trinajstić information content (AvgIpc) is 2.82. The van der Waals surface area contributed by atoms with Crippen molar-refractivity contribution in [2.24, 2.45) is 0 Å². The zero-order valence-electron chi connectivity index (χ0n) is 10.5. The van der Waals surface area contributed by atoms with E-state index >= 15 is 0 Å². The highest BCUT2D eigenvalue weighted by Crippen LogP contribution is 2.25. The first kappa shape index (κ1) is 12.7. The van der Waals surface area contributed by atoms with Crippen molar-refractivity contribution in [1.29, 1.82) is 0 Å². The van der Waals surface area contributed by atoms with Crippen molar-refractivity contribution in [1.82, 2.24) is 4.90 Å². The van der Waals surface area contributed by atoms with Gasteiger partial charge in [-0.2, -0.15) is 0 Å². The number of aliphatic hydroxyl groups excluding tert-OH is 1. The second-order valence-electron chi connectivity index (χ2n) is 4.45. The Morgan fingerprint density at radius 2 is 2.11 bits per heavy atom. The molecule has 1 unspecified atom stereocenters. The second-order valence-corrected chi connectivity index (χ2v) is 4.45. The lowest BCUT2D eigenvalue weighted by molar-refractivity contribution is -0.129. The van der Waals surface area contributed by atoms with Crippen LogP contribution in [-0.2, 0) is 4.79 Å². The van der Waals surface area contributed by atoms with Crippen molar-refractivity contribution in [2.45, 2.75) is 25.8 Å². The van der Waals surface area contributed by atoms with Crippen molar-refractivity contribution in [3.8, 4) is 11.8 Å². The Hall–Kier alpha value is -1.79. The van der Waals surface area contributed by atoms with E-state index in [-0.39, 0.29) is 18.6 Å². The van der Waals surface area contributed by atoms with Gasteiger partial charge in [0.25, 0.3) is 0 Å². The van der Waals surface area contributed by atoms with Crippen LogP contribution in [0.4, 0.5) is 0 Å². The number of hydrogen-bond donors (Lipinski definition) is 1. The number of benzene rings is 1. The molecule has 1 heterocycles. The third-order valence-corrected chi connectivity index (χ3v) is 3.28. The van der Waals surface area contributed by atoms with Crippen molar-refractivity contribution in [3.63, 3.8) is 0 Å². The third-order valence-electron chi connectivity index (χ3n) is 3.28. The number of hydrogen-bond acceptors (Lipinski definition) is 2. The predicted octanol–water partition coefficient (Wildman–Crippen LogP) is 1.71. The number of carbonyl (C=O) groups is 1. The number of rotatable bonds is 2. The molecule has 2 rings (SSSR count). The van der Waals surface area contributed by atoms with E-state index in [4.69, 9.17) is 5.11 Å². The Labute approximate surface area is 107 Å². The highest BCUT2D eigenvalue weighted by atomic mass is 16.2. The molecule has 3 heteroatoms. The zero-order chi connectivity index (χ0) is 13.0. The van der Waals surface area contributed by atoms with Gasteiger partial charge in [-0.3, -0.25) is 4.79 Å². The van der Waals surface area contributed by atoms with Crippen LogP contribution < -0.4 is 0 Å². The van der Waals surface area contributed by atoms with E-state index in [1.54, 1.807) is 0 Å². The van der Waals surface area contributed by atoms with Gasteiger partial charge in [-0.1, -0.05) is 24.0 Å². The van der Waals surface area contributed by atoms with Gasteiger partial charge in [-0.25, -0.2) is 0 Å².